The number of hydrogen-bond acceptors (Lipinski definition) is 7. The summed E-state index contributed by atoms with van der Waals surface area (Å²) < 4.78 is 24.9. The molecule has 1 aromatic carbocycles. The van der Waals surface area contributed by atoms with E-state index in [1.165, 1.54) is 6.92 Å². The maximum absolute atomic E-state index is 11.1. The van der Waals surface area contributed by atoms with Crippen LogP contribution in [0.1, 0.15) is 70.3 Å². The topological polar surface area (TPSA) is 92.0 Å². The van der Waals surface area contributed by atoms with Gasteiger partial charge in [-0.1, -0.05) is 12.1 Å². The minimum Gasteiger partial charge on any atom is -0.491 e. The zero-order valence-corrected chi connectivity index (χ0v) is 20.4. The minimum atomic E-state index is -0.676. The van der Waals surface area contributed by atoms with Crippen LogP contribution in [0.4, 0.5) is 0 Å². The number of esters is 1. The van der Waals surface area contributed by atoms with Gasteiger partial charge in [0.2, 0.25) is 12.2 Å². The first-order valence-corrected chi connectivity index (χ1v) is 11.6. The Labute approximate surface area is 195 Å². The fraction of sp³-hybridized carbons (Fsp3) is 0.600. The lowest BCUT2D eigenvalue weighted by molar-refractivity contribution is -0.193. The number of aliphatic hydroxyl groups excluding tert-OH is 1. The zero-order valence-electron chi connectivity index (χ0n) is 20.4. The summed E-state index contributed by atoms with van der Waals surface area (Å²) in [6.45, 7) is 11.6. The number of ether oxygens (including phenoxy) is 4. The average molecular weight is 461 g/mol. The highest BCUT2D eigenvalue weighted by molar-refractivity contribution is 5.65. The minimum absolute atomic E-state index is 0.0867. The molecule has 8 nitrogen and oxygen atoms in total. The monoisotopic (exact) mass is 460 g/mol. The van der Waals surface area contributed by atoms with Gasteiger partial charge in [-0.05, 0) is 52.3 Å². The summed E-state index contributed by atoms with van der Waals surface area (Å²) in [5, 5.41) is 15.0. The van der Waals surface area contributed by atoms with Gasteiger partial charge in [-0.2, -0.15) is 0 Å². The molecule has 1 N–H and O–H groups in total. The zero-order chi connectivity index (χ0) is 24.1. The Balaban J connectivity index is 1.78. The Bertz CT molecular complexity index is 922. The molecule has 0 spiro atoms. The number of nitrogens with zero attached hydrogens (tertiary/aromatic N) is 2. The maximum atomic E-state index is 11.1. The number of hydrogen-bond donors (Lipinski definition) is 1. The van der Waals surface area contributed by atoms with Crippen molar-refractivity contribution in [3.05, 3.63) is 41.1 Å². The van der Waals surface area contributed by atoms with Gasteiger partial charge in [0, 0.05) is 43.5 Å². The standard InChI is InChI=1S/C25H36N2O6/c1-15(2)27-17(5)23(11-19-7-9-21(10-8-19)31-16(3)4)25(26-27)33-24-13-20(29)12-22(32-24)14-30-18(6)28/h7-10,15-16,20,22,24,29H,11-14H2,1-6H3. The molecule has 1 saturated heterocycles. The Hall–Kier alpha value is -2.58. The number of carbonyl (C=O) groups is 1. The second-order valence-electron chi connectivity index (χ2n) is 9.13. The van der Waals surface area contributed by atoms with Crippen molar-refractivity contribution in [1.82, 2.24) is 9.78 Å². The molecule has 2 heterocycles. The molecular formula is C25H36N2O6. The molecular weight excluding hydrogens is 424 g/mol. The normalized spacial score (nSPS) is 20.8. The Morgan fingerprint density at radius 3 is 2.52 bits per heavy atom. The van der Waals surface area contributed by atoms with Gasteiger partial charge in [-0.25, -0.2) is 0 Å². The van der Waals surface area contributed by atoms with Gasteiger partial charge in [0.1, 0.15) is 12.4 Å². The van der Waals surface area contributed by atoms with Gasteiger partial charge in [0.05, 0.1) is 18.3 Å². The first-order chi connectivity index (χ1) is 15.6. The number of benzene rings is 1. The second kappa shape index (κ2) is 11.0. The van der Waals surface area contributed by atoms with E-state index in [4.69, 9.17) is 24.0 Å². The molecule has 3 rings (SSSR count). The quantitative estimate of drug-likeness (QED) is 0.566. The van der Waals surface area contributed by atoms with Gasteiger partial charge in [-0.15, -0.1) is 5.10 Å². The van der Waals surface area contributed by atoms with Crippen LogP contribution in [-0.4, -0.2) is 52.1 Å². The van der Waals surface area contributed by atoms with E-state index in [0.29, 0.717) is 25.1 Å². The average Bonchev–Trinajstić information content (AvgIpc) is 3.03. The van der Waals surface area contributed by atoms with E-state index in [-0.39, 0.29) is 24.7 Å². The van der Waals surface area contributed by atoms with Crippen LogP contribution in [0.15, 0.2) is 24.3 Å². The fourth-order valence-corrected chi connectivity index (χ4v) is 3.96. The van der Waals surface area contributed by atoms with Gasteiger partial charge in [0.25, 0.3) is 0 Å². The molecule has 3 atom stereocenters. The Morgan fingerprint density at radius 2 is 1.91 bits per heavy atom. The highest BCUT2D eigenvalue weighted by atomic mass is 16.7. The first-order valence-electron chi connectivity index (χ1n) is 11.6. The van der Waals surface area contributed by atoms with Gasteiger partial charge >= 0.3 is 5.97 Å². The molecule has 0 bridgehead atoms. The molecule has 0 aliphatic carbocycles. The lowest BCUT2D eigenvalue weighted by Crippen LogP contribution is -2.41. The number of rotatable bonds is 9. The Kier molecular flexibility index (Phi) is 8.37. The molecule has 1 aromatic heterocycles. The third kappa shape index (κ3) is 6.95. The Morgan fingerprint density at radius 1 is 1.21 bits per heavy atom. The van der Waals surface area contributed by atoms with E-state index >= 15 is 0 Å². The van der Waals surface area contributed by atoms with E-state index in [9.17, 15) is 9.90 Å². The molecule has 0 amide bonds. The molecule has 1 aliphatic rings. The van der Waals surface area contributed by atoms with Crippen molar-refractivity contribution in [1.29, 1.82) is 0 Å². The lowest BCUT2D eigenvalue weighted by atomic mass is 10.0. The van der Waals surface area contributed by atoms with E-state index in [1.807, 2.05) is 49.7 Å². The third-order valence-electron chi connectivity index (χ3n) is 5.46. The highest BCUT2D eigenvalue weighted by Crippen LogP contribution is 2.30. The lowest BCUT2D eigenvalue weighted by Gasteiger charge is -2.32. The van der Waals surface area contributed by atoms with Crippen LogP contribution >= 0.6 is 0 Å². The summed E-state index contributed by atoms with van der Waals surface area (Å²) in [7, 11) is 0. The van der Waals surface area contributed by atoms with E-state index in [0.717, 1.165) is 22.6 Å². The van der Waals surface area contributed by atoms with Crippen LogP contribution in [0.3, 0.4) is 0 Å². The number of carbonyl (C=O) groups excluding carboxylic acids is 1. The van der Waals surface area contributed by atoms with Crippen LogP contribution in [0.25, 0.3) is 0 Å². The molecule has 182 valence electrons. The van der Waals surface area contributed by atoms with Gasteiger partial charge < -0.3 is 24.1 Å². The molecule has 3 unspecified atom stereocenters. The fourth-order valence-electron chi connectivity index (χ4n) is 3.96. The number of aliphatic hydroxyl groups is 1. The van der Waals surface area contributed by atoms with Crippen molar-refractivity contribution in [3.63, 3.8) is 0 Å². The molecule has 33 heavy (non-hydrogen) atoms. The molecule has 1 aliphatic heterocycles. The predicted octanol–water partition coefficient (Wildman–Crippen LogP) is 3.96. The summed E-state index contributed by atoms with van der Waals surface area (Å²) in [5.41, 5.74) is 3.11. The summed E-state index contributed by atoms with van der Waals surface area (Å²) in [6.07, 6.45) is -0.220. The van der Waals surface area contributed by atoms with E-state index in [1.54, 1.807) is 0 Å². The van der Waals surface area contributed by atoms with E-state index in [2.05, 4.69) is 13.8 Å². The van der Waals surface area contributed by atoms with Crippen LogP contribution in [0.5, 0.6) is 11.6 Å². The number of aromatic nitrogens is 2. The molecule has 0 saturated carbocycles. The van der Waals surface area contributed by atoms with Crippen molar-refractivity contribution < 1.29 is 28.8 Å². The summed E-state index contributed by atoms with van der Waals surface area (Å²) >= 11 is 0. The van der Waals surface area contributed by atoms with Crippen molar-refractivity contribution in [2.45, 2.75) is 91.4 Å². The largest absolute Gasteiger partial charge is 0.491 e. The SMILES string of the molecule is CC(=O)OCC1CC(O)CC(Oc2nn(C(C)C)c(C)c2Cc2ccc(OC(C)C)cc2)O1. The van der Waals surface area contributed by atoms with Crippen LogP contribution < -0.4 is 9.47 Å². The van der Waals surface area contributed by atoms with Gasteiger partial charge in [-0.3, -0.25) is 9.48 Å². The first kappa shape index (κ1) is 25.1. The summed E-state index contributed by atoms with van der Waals surface area (Å²) in [4.78, 5) is 11.1. The highest BCUT2D eigenvalue weighted by Gasteiger charge is 2.32. The maximum Gasteiger partial charge on any atom is 0.302 e. The summed E-state index contributed by atoms with van der Waals surface area (Å²) in [6, 6.07) is 8.20. The van der Waals surface area contributed by atoms with Crippen molar-refractivity contribution in [3.8, 4) is 11.6 Å². The van der Waals surface area contributed by atoms with Crippen molar-refractivity contribution in [2.75, 3.05) is 6.61 Å². The van der Waals surface area contributed by atoms with Crippen LogP contribution in [-0.2, 0) is 20.7 Å². The second-order valence-corrected chi connectivity index (χ2v) is 9.13. The molecule has 2 aromatic rings. The van der Waals surface area contributed by atoms with Crippen LogP contribution in [0, 0.1) is 6.92 Å². The molecule has 0 radical (unpaired) electrons. The van der Waals surface area contributed by atoms with Crippen molar-refractivity contribution >= 4 is 5.97 Å². The predicted molar refractivity (Wildman–Crippen MR) is 124 cm³/mol. The van der Waals surface area contributed by atoms with Crippen molar-refractivity contribution in [2.24, 2.45) is 0 Å². The smallest absolute Gasteiger partial charge is 0.302 e. The van der Waals surface area contributed by atoms with Gasteiger partial charge in [0.15, 0.2) is 0 Å². The molecule has 8 heteroatoms. The molecule has 1 fully saturated rings. The summed E-state index contributed by atoms with van der Waals surface area (Å²) in [5.74, 6) is 0.951. The third-order valence-corrected chi connectivity index (χ3v) is 5.46. The van der Waals surface area contributed by atoms with E-state index < -0.39 is 18.5 Å². The van der Waals surface area contributed by atoms with Crippen LogP contribution in [0.2, 0.25) is 0 Å².